The van der Waals surface area contributed by atoms with Crippen molar-refractivity contribution in [2.75, 3.05) is 7.05 Å². The highest BCUT2D eigenvalue weighted by Crippen LogP contribution is 2.60. The van der Waals surface area contributed by atoms with Gasteiger partial charge in [-0.1, -0.05) is 76.2 Å². The van der Waals surface area contributed by atoms with E-state index in [1.165, 1.54) is 21.6 Å². The van der Waals surface area contributed by atoms with Crippen molar-refractivity contribution >= 4 is 33.4 Å². The standard InChI is InChI=1S/C24H23N3O2S2/c1-23(14-25)13-18-19-21(28)26(3)24(2,31-30-19)22(29)27(18)20(23)17-11-9-16(10-12-17)15-7-5-4-6-8-15/h4-12,18-20H,13H2,1-3H3. The molecule has 31 heavy (non-hydrogen) atoms. The van der Waals surface area contributed by atoms with Crippen LogP contribution in [-0.4, -0.2) is 44.8 Å². The Morgan fingerprint density at radius 1 is 1.03 bits per heavy atom. The summed E-state index contributed by atoms with van der Waals surface area (Å²) in [6.45, 7) is 3.74. The lowest BCUT2D eigenvalue weighted by atomic mass is 9.79. The Bertz CT molecular complexity index is 1100. The van der Waals surface area contributed by atoms with Crippen molar-refractivity contribution in [2.45, 2.75) is 42.5 Å². The van der Waals surface area contributed by atoms with Gasteiger partial charge < -0.3 is 9.80 Å². The minimum atomic E-state index is -0.962. The Hall–Kier alpha value is -2.43. The summed E-state index contributed by atoms with van der Waals surface area (Å²) in [5, 5.41) is 9.80. The van der Waals surface area contributed by atoms with Crippen LogP contribution in [0.3, 0.4) is 0 Å². The molecule has 2 amide bonds. The summed E-state index contributed by atoms with van der Waals surface area (Å²) in [6, 6.07) is 20.1. The minimum absolute atomic E-state index is 0.0209. The molecule has 7 heteroatoms. The number of amides is 2. The Labute approximate surface area is 190 Å². The van der Waals surface area contributed by atoms with E-state index in [1.54, 1.807) is 11.9 Å². The molecule has 158 valence electrons. The predicted molar refractivity (Wildman–Crippen MR) is 124 cm³/mol. The number of benzene rings is 2. The van der Waals surface area contributed by atoms with Crippen LogP contribution in [0.15, 0.2) is 54.6 Å². The van der Waals surface area contributed by atoms with E-state index in [9.17, 15) is 14.9 Å². The van der Waals surface area contributed by atoms with Crippen LogP contribution in [0.2, 0.25) is 0 Å². The molecule has 5 nitrogen and oxygen atoms in total. The van der Waals surface area contributed by atoms with Gasteiger partial charge in [-0.05, 0) is 37.0 Å². The molecule has 0 aromatic heterocycles. The smallest absolute Gasteiger partial charge is 0.260 e. The largest absolute Gasteiger partial charge is 0.326 e. The molecule has 4 saturated heterocycles. The van der Waals surface area contributed by atoms with Crippen molar-refractivity contribution in [2.24, 2.45) is 5.41 Å². The maximum Gasteiger partial charge on any atom is 0.260 e. The van der Waals surface area contributed by atoms with Crippen molar-refractivity contribution in [3.63, 3.8) is 0 Å². The molecule has 6 rings (SSSR count). The number of carbonyl (C=O) groups excluding carboxylic acids is 2. The van der Waals surface area contributed by atoms with Crippen LogP contribution in [0.5, 0.6) is 0 Å². The normalized spacial score (nSPS) is 34.5. The van der Waals surface area contributed by atoms with Crippen molar-refractivity contribution in [3.8, 4) is 17.2 Å². The van der Waals surface area contributed by atoms with E-state index in [-0.39, 0.29) is 29.1 Å². The number of nitrogens with zero attached hydrogens (tertiary/aromatic N) is 3. The molecule has 4 aliphatic rings. The molecule has 5 unspecified atom stereocenters. The molecule has 2 aromatic carbocycles. The maximum atomic E-state index is 13.8. The first-order valence-electron chi connectivity index (χ1n) is 10.3. The number of rotatable bonds is 2. The highest BCUT2D eigenvalue weighted by atomic mass is 33.1. The van der Waals surface area contributed by atoms with Gasteiger partial charge in [0.1, 0.15) is 5.25 Å². The summed E-state index contributed by atoms with van der Waals surface area (Å²) < 4.78 is 0. The van der Waals surface area contributed by atoms with Crippen LogP contribution in [-0.2, 0) is 9.59 Å². The fourth-order valence-electron chi connectivity index (χ4n) is 5.08. The second-order valence-electron chi connectivity index (χ2n) is 8.88. The van der Waals surface area contributed by atoms with Gasteiger partial charge in [-0.2, -0.15) is 5.26 Å². The second kappa shape index (κ2) is 7.04. The molecule has 2 bridgehead atoms. The number of likely N-dealkylation sites (N-methyl/N-ethyl adjacent to an activating group) is 1. The van der Waals surface area contributed by atoms with E-state index < -0.39 is 10.3 Å². The average Bonchev–Trinajstić information content (AvgIpc) is 3.04. The fraction of sp³-hybridized carbons (Fsp3) is 0.375. The average molecular weight is 450 g/mol. The first kappa shape index (κ1) is 20.5. The summed E-state index contributed by atoms with van der Waals surface area (Å²) in [6.07, 6.45) is 0.494. The van der Waals surface area contributed by atoms with Crippen molar-refractivity contribution < 1.29 is 9.59 Å². The molecular formula is C24H23N3O2S2. The van der Waals surface area contributed by atoms with Crippen LogP contribution in [0.4, 0.5) is 0 Å². The van der Waals surface area contributed by atoms with Crippen molar-refractivity contribution in [1.82, 2.24) is 9.80 Å². The highest BCUT2D eigenvalue weighted by molar-refractivity contribution is 8.77. The first-order chi connectivity index (χ1) is 14.8. The molecule has 2 aromatic rings. The molecule has 5 atom stereocenters. The van der Waals surface area contributed by atoms with E-state index >= 15 is 0 Å². The second-order valence-corrected chi connectivity index (χ2v) is 11.6. The van der Waals surface area contributed by atoms with Crippen LogP contribution >= 0.6 is 21.6 Å². The third-order valence-corrected chi connectivity index (χ3v) is 10.4. The molecule has 0 spiro atoms. The zero-order chi connectivity index (χ0) is 22.0. The number of nitriles is 1. The van der Waals surface area contributed by atoms with Gasteiger partial charge in [0.15, 0.2) is 4.87 Å². The minimum Gasteiger partial charge on any atom is -0.326 e. The monoisotopic (exact) mass is 449 g/mol. The van der Waals surface area contributed by atoms with Gasteiger partial charge in [0.25, 0.3) is 5.91 Å². The zero-order valence-electron chi connectivity index (χ0n) is 17.6. The van der Waals surface area contributed by atoms with E-state index in [0.29, 0.717) is 6.42 Å². The third-order valence-electron chi connectivity index (χ3n) is 6.97. The molecule has 0 aliphatic carbocycles. The summed E-state index contributed by atoms with van der Waals surface area (Å²) in [4.78, 5) is 29.4. The quantitative estimate of drug-likeness (QED) is 0.633. The molecule has 4 fully saturated rings. The van der Waals surface area contributed by atoms with Gasteiger partial charge in [0.05, 0.1) is 23.6 Å². The van der Waals surface area contributed by atoms with Crippen LogP contribution in [0.25, 0.3) is 11.1 Å². The van der Waals surface area contributed by atoms with Crippen LogP contribution in [0, 0.1) is 16.7 Å². The highest BCUT2D eigenvalue weighted by Gasteiger charge is 2.65. The van der Waals surface area contributed by atoms with Gasteiger partial charge in [-0.15, -0.1) is 0 Å². The lowest BCUT2D eigenvalue weighted by molar-refractivity contribution is -0.143. The third kappa shape index (κ3) is 2.85. The number of fused-ring (bicyclic) bond motifs is 2. The topological polar surface area (TPSA) is 64.4 Å². The van der Waals surface area contributed by atoms with Gasteiger partial charge in [-0.25, -0.2) is 0 Å². The predicted octanol–water partition coefficient (Wildman–Crippen LogP) is 4.48. The summed E-state index contributed by atoms with van der Waals surface area (Å²) in [7, 11) is 4.67. The van der Waals surface area contributed by atoms with Crippen LogP contribution < -0.4 is 0 Å². The van der Waals surface area contributed by atoms with Gasteiger partial charge in [0.2, 0.25) is 5.91 Å². The fourth-order valence-corrected chi connectivity index (χ4v) is 8.40. The summed E-state index contributed by atoms with van der Waals surface area (Å²) >= 11 is 0. The summed E-state index contributed by atoms with van der Waals surface area (Å²) in [5.41, 5.74) is 2.40. The Morgan fingerprint density at radius 3 is 2.32 bits per heavy atom. The van der Waals surface area contributed by atoms with E-state index in [4.69, 9.17) is 0 Å². The Balaban J connectivity index is 1.60. The van der Waals surface area contributed by atoms with Gasteiger partial charge >= 0.3 is 0 Å². The van der Waals surface area contributed by atoms with Crippen molar-refractivity contribution in [1.29, 1.82) is 5.26 Å². The molecule has 0 saturated carbocycles. The molecular weight excluding hydrogens is 426 g/mol. The first-order valence-corrected chi connectivity index (χ1v) is 12.5. The lowest BCUT2D eigenvalue weighted by Crippen LogP contribution is -2.55. The van der Waals surface area contributed by atoms with Gasteiger partial charge in [0, 0.05) is 7.05 Å². The van der Waals surface area contributed by atoms with E-state index in [1.807, 2.05) is 49.1 Å². The van der Waals surface area contributed by atoms with Crippen molar-refractivity contribution in [3.05, 3.63) is 60.2 Å². The SMILES string of the molecule is CN1C(=O)C2SSC1(C)C(=O)N1C2CC(C)(C#N)C1c1ccc(-c2ccccc2)cc1. The molecule has 0 N–H and O–H groups in total. The van der Waals surface area contributed by atoms with Gasteiger partial charge in [-0.3, -0.25) is 9.59 Å². The van der Waals surface area contributed by atoms with E-state index in [2.05, 4.69) is 30.3 Å². The Morgan fingerprint density at radius 2 is 1.68 bits per heavy atom. The number of hydrogen-bond acceptors (Lipinski definition) is 5. The number of carbonyl (C=O) groups is 2. The molecule has 4 heterocycles. The summed E-state index contributed by atoms with van der Waals surface area (Å²) in [5.74, 6) is -0.102. The maximum absolute atomic E-state index is 13.8. The lowest BCUT2D eigenvalue weighted by Gasteiger charge is -2.41. The van der Waals surface area contributed by atoms with Crippen LogP contribution in [0.1, 0.15) is 31.9 Å². The zero-order valence-corrected chi connectivity index (χ0v) is 19.2. The molecule has 0 radical (unpaired) electrons. The Kier molecular flexibility index (Phi) is 4.65. The molecule has 4 aliphatic heterocycles. The van der Waals surface area contributed by atoms with E-state index in [0.717, 1.165) is 16.7 Å². The number of hydrogen-bond donors (Lipinski definition) is 0.